The van der Waals surface area contributed by atoms with Crippen molar-refractivity contribution < 1.29 is 0 Å². The molecule has 0 radical (unpaired) electrons. The van der Waals surface area contributed by atoms with Gasteiger partial charge in [0.15, 0.2) is 0 Å². The van der Waals surface area contributed by atoms with E-state index in [2.05, 4.69) is 47.5 Å². The Hall–Kier alpha value is -0.860. The van der Waals surface area contributed by atoms with Gasteiger partial charge in [-0.25, -0.2) is 0 Å². The maximum absolute atomic E-state index is 3.64. The molecule has 1 N–H and O–H groups in total. The number of likely N-dealkylation sites (tertiary alicyclic amines) is 1. The lowest BCUT2D eigenvalue weighted by Crippen LogP contribution is -2.35. The van der Waals surface area contributed by atoms with Crippen LogP contribution in [0.25, 0.3) is 0 Å². The molecule has 1 saturated heterocycles. The molecular weight excluding hydrogens is 220 g/mol. The van der Waals surface area contributed by atoms with Gasteiger partial charge in [-0.15, -0.1) is 0 Å². The zero-order valence-corrected chi connectivity index (χ0v) is 11.6. The highest BCUT2D eigenvalue weighted by Gasteiger charge is 2.10. The molecule has 18 heavy (non-hydrogen) atoms. The van der Waals surface area contributed by atoms with Crippen LogP contribution in [0.5, 0.6) is 0 Å². The van der Waals surface area contributed by atoms with E-state index >= 15 is 0 Å². The normalized spacial score (nSPS) is 18.1. The average molecular weight is 246 g/mol. The van der Waals surface area contributed by atoms with E-state index in [1.54, 1.807) is 0 Å². The smallest absolute Gasteiger partial charge is 0.0107 e. The van der Waals surface area contributed by atoms with Crippen molar-refractivity contribution in [1.29, 1.82) is 0 Å². The first kappa shape index (κ1) is 13.6. The number of benzene rings is 1. The fourth-order valence-corrected chi connectivity index (χ4v) is 2.61. The van der Waals surface area contributed by atoms with Gasteiger partial charge in [0.1, 0.15) is 0 Å². The van der Waals surface area contributed by atoms with Gasteiger partial charge in [0.05, 0.1) is 0 Å². The van der Waals surface area contributed by atoms with Gasteiger partial charge in [0.2, 0.25) is 0 Å². The Morgan fingerprint density at radius 1 is 1.17 bits per heavy atom. The maximum atomic E-state index is 3.64. The van der Waals surface area contributed by atoms with E-state index < -0.39 is 0 Å². The molecule has 1 aliphatic rings. The first-order chi connectivity index (χ1) is 8.84. The predicted molar refractivity (Wildman–Crippen MR) is 77.9 cm³/mol. The van der Waals surface area contributed by atoms with Gasteiger partial charge in [0, 0.05) is 19.1 Å². The summed E-state index contributed by atoms with van der Waals surface area (Å²) in [6.07, 6.45) is 5.19. The molecule has 0 aromatic heterocycles. The van der Waals surface area contributed by atoms with E-state index in [1.807, 2.05) is 0 Å². The van der Waals surface area contributed by atoms with Gasteiger partial charge < -0.3 is 10.2 Å². The molecular formula is C16H26N2. The summed E-state index contributed by atoms with van der Waals surface area (Å²) in [6.45, 7) is 7.26. The monoisotopic (exact) mass is 246 g/mol. The zero-order chi connectivity index (χ0) is 12.6. The quantitative estimate of drug-likeness (QED) is 0.796. The maximum Gasteiger partial charge on any atom is 0.0107 e. The first-order valence-electron chi connectivity index (χ1n) is 7.34. The molecule has 1 fully saturated rings. The number of hydrogen-bond donors (Lipinski definition) is 1. The fraction of sp³-hybridized carbons (Fsp3) is 0.625. The lowest BCUT2D eigenvalue weighted by Gasteiger charge is -2.18. The minimum absolute atomic E-state index is 0.618. The summed E-state index contributed by atoms with van der Waals surface area (Å²) in [5.74, 6) is 0. The second-order valence-electron chi connectivity index (χ2n) is 5.43. The van der Waals surface area contributed by atoms with E-state index in [-0.39, 0.29) is 0 Å². The molecule has 1 aliphatic heterocycles. The SMILES string of the molecule is CC(CCc1ccccc1)NCCN1CCCC1. The molecule has 1 unspecified atom stereocenters. The minimum atomic E-state index is 0.618. The Bertz CT molecular complexity index is 317. The van der Waals surface area contributed by atoms with Crippen LogP contribution in [-0.2, 0) is 6.42 Å². The van der Waals surface area contributed by atoms with Gasteiger partial charge in [-0.05, 0) is 51.3 Å². The van der Waals surface area contributed by atoms with Crippen LogP contribution < -0.4 is 5.32 Å². The summed E-state index contributed by atoms with van der Waals surface area (Å²) in [5.41, 5.74) is 1.45. The molecule has 2 nitrogen and oxygen atoms in total. The molecule has 0 amide bonds. The molecule has 100 valence electrons. The summed E-state index contributed by atoms with van der Waals surface area (Å²) in [5, 5.41) is 3.64. The third-order valence-corrected chi connectivity index (χ3v) is 3.83. The largest absolute Gasteiger partial charge is 0.313 e. The summed E-state index contributed by atoms with van der Waals surface area (Å²) in [6, 6.07) is 11.4. The van der Waals surface area contributed by atoms with Gasteiger partial charge in [-0.3, -0.25) is 0 Å². The number of aryl methyl sites for hydroxylation is 1. The summed E-state index contributed by atoms with van der Waals surface area (Å²) >= 11 is 0. The number of rotatable bonds is 7. The van der Waals surface area contributed by atoms with Crippen molar-refractivity contribution in [3.63, 3.8) is 0 Å². The third kappa shape index (κ3) is 4.79. The molecule has 0 aliphatic carbocycles. The molecule has 0 saturated carbocycles. The van der Waals surface area contributed by atoms with Crippen molar-refractivity contribution in [2.45, 2.75) is 38.6 Å². The van der Waals surface area contributed by atoms with Crippen LogP contribution in [-0.4, -0.2) is 37.1 Å². The highest BCUT2D eigenvalue weighted by atomic mass is 15.1. The van der Waals surface area contributed by atoms with Crippen LogP contribution in [0.1, 0.15) is 31.7 Å². The van der Waals surface area contributed by atoms with Crippen molar-refractivity contribution in [1.82, 2.24) is 10.2 Å². The molecule has 1 heterocycles. The van der Waals surface area contributed by atoms with Crippen molar-refractivity contribution >= 4 is 0 Å². The Kier molecular flexibility index (Phi) is 5.69. The van der Waals surface area contributed by atoms with Crippen LogP contribution in [0.3, 0.4) is 0 Å². The highest BCUT2D eigenvalue weighted by Crippen LogP contribution is 2.07. The van der Waals surface area contributed by atoms with Crippen LogP contribution >= 0.6 is 0 Å². The van der Waals surface area contributed by atoms with Gasteiger partial charge in [-0.1, -0.05) is 30.3 Å². The Morgan fingerprint density at radius 3 is 2.61 bits per heavy atom. The van der Waals surface area contributed by atoms with E-state index in [9.17, 15) is 0 Å². The summed E-state index contributed by atoms with van der Waals surface area (Å²) < 4.78 is 0. The second-order valence-corrected chi connectivity index (χ2v) is 5.43. The van der Waals surface area contributed by atoms with Gasteiger partial charge in [-0.2, -0.15) is 0 Å². The van der Waals surface area contributed by atoms with Gasteiger partial charge >= 0.3 is 0 Å². The number of nitrogens with zero attached hydrogens (tertiary/aromatic N) is 1. The third-order valence-electron chi connectivity index (χ3n) is 3.83. The van der Waals surface area contributed by atoms with Crippen molar-refractivity contribution in [3.8, 4) is 0 Å². The summed E-state index contributed by atoms with van der Waals surface area (Å²) in [4.78, 5) is 2.57. The summed E-state index contributed by atoms with van der Waals surface area (Å²) in [7, 11) is 0. The van der Waals surface area contributed by atoms with Crippen LogP contribution in [0, 0.1) is 0 Å². The Balaban J connectivity index is 1.56. The van der Waals surface area contributed by atoms with Crippen molar-refractivity contribution in [3.05, 3.63) is 35.9 Å². The fourth-order valence-electron chi connectivity index (χ4n) is 2.61. The topological polar surface area (TPSA) is 15.3 Å². The molecule has 2 rings (SSSR count). The zero-order valence-electron chi connectivity index (χ0n) is 11.6. The number of hydrogen-bond acceptors (Lipinski definition) is 2. The second kappa shape index (κ2) is 7.55. The molecule has 0 bridgehead atoms. The number of nitrogens with one attached hydrogen (secondary N) is 1. The molecule has 0 spiro atoms. The molecule has 1 atom stereocenters. The first-order valence-corrected chi connectivity index (χ1v) is 7.34. The van der Waals surface area contributed by atoms with E-state index in [4.69, 9.17) is 0 Å². The lowest BCUT2D eigenvalue weighted by atomic mass is 10.1. The molecule has 1 aromatic rings. The Labute approximate surface area is 111 Å². The van der Waals surface area contributed by atoms with Crippen LogP contribution in [0.4, 0.5) is 0 Å². The van der Waals surface area contributed by atoms with E-state index in [0.29, 0.717) is 6.04 Å². The van der Waals surface area contributed by atoms with E-state index in [0.717, 1.165) is 6.54 Å². The molecule has 1 aromatic carbocycles. The van der Waals surface area contributed by atoms with Crippen molar-refractivity contribution in [2.75, 3.05) is 26.2 Å². The van der Waals surface area contributed by atoms with E-state index in [1.165, 1.54) is 50.9 Å². The molecule has 2 heteroatoms. The van der Waals surface area contributed by atoms with Crippen LogP contribution in [0.2, 0.25) is 0 Å². The predicted octanol–water partition coefficient (Wildman–Crippen LogP) is 2.69. The minimum Gasteiger partial charge on any atom is -0.313 e. The van der Waals surface area contributed by atoms with Crippen molar-refractivity contribution in [2.24, 2.45) is 0 Å². The standard InChI is InChI=1S/C16H26N2/c1-15(9-10-16-7-3-2-4-8-16)17-11-14-18-12-5-6-13-18/h2-4,7-8,15,17H,5-6,9-14H2,1H3. The van der Waals surface area contributed by atoms with Gasteiger partial charge in [0.25, 0.3) is 0 Å². The Morgan fingerprint density at radius 2 is 1.89 bits per heavy atom. The lowest BCUT2D eigenvalue weighted by molar-refractivity contribution is 0.327. The van der Waals surface area contributed by atoms with Crippen LogP contribution in [0.15, 0.2) is 30.3 Å². The highest BCUT2D eigenvalue weighted by molar-refractivity contribution is 5.14. The average Bonchev–Trinajstić information content (AvgIpc) is 2.91.